The van der Waals surface area contributed by atoms with Gasteiger partial charge >= 0.3 is 0 Å². The fourth-order valence-electron chi connectivity index (χ4n) is 1.80. The van der Waals surface area contributed by atoms with Crippen LogP contribution in [0.25, 0.3) is 0 Å². The summed E-state index contributed by atoms with van der Waals surface area (Å²) in [6.07, 6.45) is 1.68. The maximum atomic E-state index is 12.0. The highest BCUT2D eigenvalue weighted by Crippen LogP contribution is 2.27. The number of benzene rings is 1. The molecule has 0 aliphatic carbocycles. The Hall–Kier alpha value is -1.47. The van der Waals surface area contributed by atoms with Crippen LogP contribution in [0.5, 0.6) is 0 Å². The van der Waals surface area contributed by atoms with E-state index in [0.717, 1.165) is 9.37 Å². The molecule has 0 bridgehead atoms. The minimum Gasteiger partial charge on any atom is -0.398 e. The number of nitrogen functional groups attached to an aromatic ring is 1. The van der Waals surface area contributed by atoms with Crippen molar-refractivity contribution >= 4 is 45.1 Å². The standard InChI is InChI=1S/C14H17BrN4OS/c1-9(2)19-13(5-6-17-19)18-14(20)8-21-12-4-3-10(15)7-11(12)16/h3-7,9H,8,16H2,1-2H3,(H,18,20). The minimum atomic E-state index is -0.0790. The second kappa shape index (κ2) is 7.00. The quantitative estimate of drug-likeness (QED) is 0.625. The lowest BCUT2D eigenvalue weighted by Crippen LogP contribution is -2.18. The number of carbonyl (C=O) groups excluding carboxylic acids is 1. The average molecular weight is 369 g/mol. The summed E-state index contributed by atoms with van der Waals surface area (Å²) in [7, 11) is 0. The summed E-state index contributed by atoms with van der Waals surface area (Å²) in [5, 5.41) is 7.04. The van der Waals surface area contributed by atoms with E-state index in [2.05, 4.69) is 26.3 Å². The fourth-order valence-corrected chi connectivity index (χ4v) is 2.93. The topological polar surface area (TPSA) is 72.9 Å². The van der Waals surface area contributed by atoms with Crippen molar-refractivity contribution in [2.45, 2.75) is 24.8 Å². The van der Waals surface area contributed by atoms with Gasteiger partial charge in [-0.1, -0.05) is 15.9 Å². The maximum Gasteiger partial charge on any atom is 0.235 e. The van der Waals surface area contributed by atoms with E-state index >= 15 is 0 Å². The first-order chi connectivity index (χ1) is 9.97. The molecule has 1 heterocycles. The third kappa shape index (κ3) is 4.25. The molecule has 0 unspecified atom stereocenters. The van der Waals surface area contributed by atoms with Crippen molar-refractivity contribution in [3.63, 3.8) is 0 Å². The number of nitrogens with two attached hydrogens (primary N) is 1. The summed E-state index contributed by atoms with van der Waals surface area (Å²) in [5.41, 5.74) is 6.57. The van der Waals surface area contributed by atoms with Gasteiger partial charge in [0, 0.05) is 27.2 Å². The second-order valence-electron chi connectivity index (χ2n) is 4.77. The first kappa shape index (κ1) is 15.9. The molecule has 0 aliphatic heterocycles. The molecule has 1 aromatic heterocycles. The molecule has 0 saturated carbocycles. The Morgan fingerprint density at radius 1 is 1.48 bits per heavy atom. The van der Waals surface area contributed by atoms with Gasteiger partial charge in [-0.05, 0) is 32.0 Å². The van der Waals surface area contributed by atoms with Gasteiger partial charge in [-0.25, -0.2) is 4.68 Å². The predicted molar refractivity (Wildman–Crippen MR) is 90.5 cm³/mol. The molecule has 1 amide bonds. The molecule has 1 aromatic carbocycles. The Kier molecular flexibility index (Phi) is 5.30. The number of carbonyl (C=O) groups is 1. The number of halogens is 1. The van der Waals surface area contributed by atoms with Crippen molar-refractivity contribution in [1.82, 2.24) is 9.78 Å². The van der Waals surface area contributed by atoms with Crippen molar-refractivity contribution < 1.29 is 4.79 Å². The zero-order valence-corrected chi connectivity index (χ0v) is 14.2. The van der Waals surface area contributed by atoms with Crippen LogP contribution < -0.4 is 11.1 Å². The van der Waals surface area contributed by atoms with Crippen LogP contribution in [0.4, 0.5) is 11.5 Å². The van der Waals surface area contributed by atoms with Crippen LogP contribution in [0, 0.1) is 0 Å². The van der Waals surface area contributed by atoms with Crippen molar-refractivity contribution in [2.75, 3.05) is 16.8 Å². The van der Waals surface area contributed by atoms with Crippen LogP contribution in [0.3, 0.4) is 0 Å². The molecule has 21 heavy (non-hydrogen) atoms. The minimum absolute atomic E-state index is 0.0790. The Labute approximate surface area is 136 Å². The van der Waals surface area contributed by atoms with Gasteiger partial charge < -0.3 is 11.1 Å². The highest BCUT2D eigenvalue weighted by molar-refractivity contribution is 9.10. The molecule has 112 valence electrons. The van der Waals surface area contributed by atoms with Crippen LogP contribution in [-0.2, 0) is 4.79 Å². The second-order valence-corrected chi connectivity index (χ2v) is 6.71. The number of aromatic nitrogens is 2. The molecular weight excluding hydrogens is 352 g/mol. The highest BCUT2D eigenvalue weighted by Gasteiger charge is 2.10. The zero-order valence-electron chi connectivity index (χ0n) is 11.8. The summed E-state index contributed by atoms with van der Waals surface area (Å²) in [6.45, 7) is 4.03. The largest absolute Gasteiger partial charge is 0.398 e. The molecular formula is C14H17BrN4OS. The maximum absolute atomic E-state index is 12.0. The lowest BCUT2D eigenvalue weighted by molar-refractivity contribution is -0.113. The molecule has 0 aliphatic rings. The highest BCUT2D eigenvalue weighted by atomic mass is 79.9. The van der Waals surface area contributed by atoms with Crippen molar-refractivity contribution in [1.29, 1.82) is 0 Å². The molecule has 0 spiro atoms. The van der Waals surface area contributed by atoms with Crippen LogP contribution in [0.15, 0.2) is 39.8 Å². The van der Waals surface area contributed by atoms with Crippen molar-refractivity contribution in [2.24, 2.45) is 0 Å². The Balaban J connectivity index is 1.94. The smallest absolute Gasteiger partial charge is 0.235 e. The third-order valence-electron chi connectivity index (χ3n) is 2.76. The Morgan fingerprint density at radius 3 is 2.90 bits per heavy atom. The van der Waals surface area contributed by atoms with E-state index in [-0.39, 0.29) is 11.9 Å². The van der Waals surface area contributed by atoms with E-state index in [0.29, 0.717) is 17.3 Å². The van der Waals surface area contributed by atoms with Gasteiger partial charge in [-0.2, -0.15) is 5.10 Å². The monoisotopic (exact) mass is 368 g/mol. The van der Waals surface area contributed by atoms with Crippen LogP contribution in [0.1, 0.15) is 19.9 Å². The molecule has 3 N–H and O–H groups in total. The fraction of sp³-hybridized carbons (Fsp3) is 0.286. The third-order valence-corrected chi connectivity index (χ3v) is 4.34. The SMILES string of the molecule is CC(C)n1nccc1NC(=O)CSc1ccc(Br)cc1N. The number of amides is 1. The van der Waals surface area contributed by atoms with Gasteiger partial charge in [0.25, 0.3) is 0 Å². The molecule has 0 radical (unpaired) electrons. The van der Waals surface area contributed by atoms with Crippen molar-refractivity contribution in [3.8, 4) is 0 Å². The summed E-state index contributed by atoms with van der Waals surface area (Å²) < 4.78 is 2.70. The Morgan fingerprint density at radius 2 is 2.24 bits per heavy atom. The number of anilines is 2. The lowest BCUT2D eigenvalue weighted by Gasteiger charge is -2.12. The van der Waals surface area contributed by atoms with E-state index in [9.17, 15) is 4.79 Å². The molecule has 7 heteroatoms. The van der Waals surface area contributed by atoms with Gasteiger partial charge in [0.05, 0.1) is 11.9 Å². The summed E-state index contributed by atoms with van der Waals surface area (Å²) in [6, 6.07) is 7.62. The Bertz CT molecular complexity index is 642. The number of rotatable bonds is 5. The van der Waals surface area contributed by atoms with E-state index in [1.165, 1.54) is 11.8 Å². The molecule has 0 fully saturated rings. The normalized spacial score (nSPS) is 10.9. The van der Waals surface area contributed by atoms with E-state index in [1.54, 1.807) is 16.9 Å². The summed E-state index contributed by atoms with van der Waals surface area (Å²) in [5.74, 6) is 0.929. The first-order valence-corrected chi connectivity index (χ1v) is 8.26. The average Bonchev–Trinajstić information content (AvgIpc) is 2.86. The lowest BCUT2D eigenvalue weighted by atomic mass is 10.3. The number of thioether (sulfide) groups is 1. The first-order valence-electron chi connectivity index (χ1n) is 6.48. The molecule has 0 saturated heterocycles. The van der Waals surface area contributed by atoms with Gasteiger partial charge in [0.1, 0.15) is 5.82 Å². The van der Waals surface area contributed by atoms with Gasteiger partial charge in [-0.3, -0.25) is 4.79 Å². The molecule has 5 nitrogen and oxygen atoms in total. The number of nitrogens with one attached hydrogen (secondary N) is 1. The molecule has 0 atom stereocenters. The zero-order chi connectivity index (χ0) is 15.4. The van der Waals surface area contributed by atoms with E-state index < -0.39 is 0 Å². The van der Waals surface area contributed by atoms with Crippen LogP contribution in [0.2, 0.25) is 0 Å². The van der Waals surface area contributed by atoms with Gasteiger partial charge in [-0.15, -0.1) is 11.8 Å². The van der Waals surface area contributed by atoms with Crippen LogP contribution in [-0.4, -0.2) is 21.4 Å². The van der Waals surface area contributed by atoms with E-state index in [4.69, 9.17) is 5.73 Å². The molecule has 2 rings (SSSR count). The number of hydrogen-bond acceptors (Lipinski definition) is 4. The molecule has 2 aromatic rings. The van der Waals surface area contributed by atoms with Gasteiger partial charge in [0.2, 0.25) is 5.91 Å². The van der Waals surface area contributed by atoms with E-state index in [1.807, 2.05) is 32.0 Å². The van der Waals surface area contributed by atoms with Crippen molar-refractivity contribution in [3.05, 3.63) is 34.9 Å². The van der Waals surface area contributed by atoms with Crippen LogP contribution >= 0.6 is 27.7 Å². The summed E-state index contributed by atoms with van der Waals surface area (Å²) >= 11 is 4.77. The number of nitrogens with zero attached hydrogens (tertiary/aromatic N) is 2. The van der Waals surface area contributed by atoms with Gasteiger partial charge in [0.15, 0.2) is 0 Å². The number of hydrogen-bond donors (Lipinski definition) is 2. The summed E-state index contributed by atoms with van der Waals surface area (Å²) in [4.78, 5) is 12.9. The predicted octanol–water partition coefficient (Wildman–Crippen LogP) is 3.54.